The summed E-state index contributed by atoms with van der Waals surface area (Å²) in [5.41, 5.74) is 15.0. The van der Waals surface area contributed by atoms with Gasteiger partial charge in [-0.2, -0.15) is 5.48 Å². The zero-order valence-corrected chi connectivity index (χ0v) is 9.53. The third-order valence-corrected chi connectivity index (χ3v) is 2.21. The Morgan fingerprint density at radius 3 is 2.59 bits per heavy atom. The molecule has 0 aromatic heterocycles. The zero-order chi connectivity index (χ0) is 12.8. The average Bonchev–Trinajstić information content (AvgIpc) is 2.25. The fourth-order valence-corrected chi connectivity index (χ4v) is 1.30. The van der Waals surface area contributed by atoms with Gasteiger partial charge in [0.05, 0.1) is 0 Å². The first-order valence-electron chi connectivity index (χ1n) is 5.03. The molecular weight excluding hydrogens is 222 g/mol. The highest BCUT2D eigenvalue weighted by atomic mass is 16.6. The van der Waals surface area contributed by atoms with Crippen LogP contribution in [0.25, 0.3) is 0 Å². The molecule has 6 heteroatoms. The minimum Gasteiger partial charge on any atom is -0.368 e. The highest BCUT2D eigenvalue weighted by molar-refractivity contribution is 5.93. The Hall–Kier alpha value is -1.92. The van der Waals surface area contributed by atoms with Crippen molar-refractivity contribution < 1.29 is 14.4 Å². The lowest BCUT2D eigenvalue weighted by molar-refractivity contribution is -0.125. The number of rotatable bonds is 6. The predicted octanol–water partition coefficient (Wildman–Crippen LogP) is -0.400. The normalized spacial score (nSPS) is 10.2. The maximum Gasteiger partial charge on any atom is 0.248 e. The second-order valence-electron chi connectivity index (χ2n) is 3.58. The number of nitrogens with two attached hydrogens (primary N) is 2. The van der Waals surface area contributed by atoms with E-state index in [2.05, 4.69) is 5.48 Å². The number of primary amides is 2. The van der Waals surface area contributed by atoms with Crippen molar-refractivity contribution in [2.45, 2.75) is 13.5 Å². The van der Waals surface area contributed by atoms with Gasteiger partial charge in [-0.1, -0.05) is 6.07 Å². The molecule has 0 aliphatic rings. The summed E-state index contributed by atoms with van der Waals surface area (Å²) in [6.45, 7) is 2.09. The van der Waals surface area contributed by atoms with Crippen molar-refractivity contribution in [1.82, 2.24) is 5.48 Å². The highest BCUT2D eigenvalue weighted by Gasteiger charge is 2.04. The molecule has 0 atom stereocenters. The van der Waals surface area contributed by atoms with Gasteiger partial charge in [0.15, 0.2) is 0 Å². The second-order valence-corrected chi connectivity index (χ2v) is 3.58. The third kappa shape index (κ3) is 4.21. The summed E-state index contributed by atoms with van der Waals surface area (Å²) in [6, 6.07) is 5.11. The Morgan fingerprint density at radius 2 is 2.06 bits per heavy atom. The zero-order valence-electron chi connectivity index (χ0n) is 9.53. The van der Waals surface area contributed by atoms with Crippen LogP contribution in [0.4, 0.5) is 0 Å². The molecule has 5 N–H and O–H groups in total. The number of amides is 2. The molecule has 0 radical (unpaired) electrons. The lowest BCUT2D eigenvalue weighted by Gasteiger charge is -2.08. The molecule has 0 fully saturated rings. The molecule has 2 amide bonds. The number of aryl methyl sites for hydroxylation is 1. The van der Waals surface area contributed by atoms with Gasteiger partial charge in [-0.3, -0.25) is 14.4 Å². The van der Waals surface area contributed by atoms with E-state index in [0.29, 0.717) is 12.1 Å². The highest BCUT2D eigenvalue weighted by Crippen LogP contribution is 2.10. The quantitative estimate of drug-likeness (QED) is 0.462. The molecule has 0 heterocycles. The number of hydroxylamine groups is 1. The molecule has 1 aromatic rings. The summed E-state index contributed by atoms with van der Waals surface area (Å²) >= 11 is 0. The summed E-state index contributed by atoms with van der Waals surface area (Å²) in [4.78, 5) is 26.1. The fourth-order valence-electron chi connectivity index (χ4n) is 1.30. The number of hydrogen-bond donors (Lipinski definition) is 3. The Kier molecular flexibility index (Phi) is 4.62. The molecule has 6 nitrogen and oxygen atoms in total. The van der Waals surface area contributed by atoms with Crippen molar-refractivity contribution in [2.24, 2.45) is 11.5 Å². The predicted molar refractivity (Wildman–Crippen MR) is 61.7 cm³/mol. The molecular formula is C11H15N3O3. The lowest BCUT2D eigenvalue weighted by Crippen LogP contribution is -2.24. The Balaban J connectivity index is 2.54. The lowest BCUT2D eigenvalue weighted by atomic mass is 10.1. The Morgan fingerprint density at radius 1 is 1.35 bits per heavy atom. The molecule has 0 aliphatic carbocycles. The van der Waals surface area contributed by atoms with Gasteiger partial charge < -0.3 is 11.5 Å². The average molecular weight is 237 g/mol. The van der Waals surface area contributed by atoms with Crippen molar-refractivity contribution in [3.63, 3.8) is 0 Å². The smallest absolute Gasteiger partial charge is 0.248 e. The van der Waals surface area contributed by atoms with Gasteiger partial charge in [0.1, 0.15) is 6.61 Å². The first-order chi connectivity index (χ1) is 8.00. The van der Waals surface area contributed by atoms with Crippen LogP contribution in [0.1, 0.15) is 21.5 Å². The van der Waals surface area contributed by atoms with Crippen LogP contribution in [0, 0.1) is 6.92 Å². The van der Waals surface area contributed by atoms with E-state index in [1.54, 1.807) is 18.2 Å². The molecule has 0 bridgehead atoms. The van der Waals surface area contributed by atoms with Crippen LogP contribution in [0.15, 0.2) is 18.2 Å². The molecule has 0 saturated heterocycles. The van der Waals surface area contributed by atoms with Gasteiger partial charge >= 0.3 is 0 Å². The SMILES string of the molecule is Cc1cc(C(N)=O)ccc1CNOCC(N)=O. The standard InChI is InChI=1S/C11H15N3O3/c1-7-4-8(11(13)16)2-3-9(7)5-14-17-6-10(12)15/h2-4,14H,5-6H2,1H3,(H2,12,15)(H2,13,16). The largest absolute Gasteiger partial charge is 0.368 e. The summed E-state index contributed by atoms with van der Waals surface area (Å²) < 4.78 is 0. The molecule has 0 unspecified atom stereocenters. The third-order valence-electron chi connectivity index (χ3n) is 2.21. The van der Waals surface area contributed by atoms with Crippen LogP contribution in [-0.2, 0) is 16.2 Å². The van der Waals surface area contributed by atoms with Crippen molar-refractivity contribution in [3.05, 3.63) is 34.9 Å². The van der Waals surface area contributed by atoms with E-state index < -0.39 is 11.8 Å². The van der Waals surface area contributed by atoms with Crippen molar-refractivity contribution in [2.75, 3.05) is 6.61 Å². The number of benzene rings is 1. The molecule has 1 aromatic carbocycles. The van der Waals surface area contributed by atoms with Crippen LogP contribution in [0.3, 0.4) is 0 Å². The van der Waals surface area contributed by atoms with E-state index in [0.717, 1.165) is 11.1 Å². The monoisotopic (exact) mass is 237 g/mol. The summed E-state index contributed by atoms with van der Waals surface area (Å²) in [5.74, 6) is -1.00. The van der Waals surface area contributed by atoms with Crippen molar-refractivity contribution >= 4 is 11.8 Å². The van der Waals surface area contributed by atoms with Gasteiger partial charge in [0, 0.05) is 12.1 Å². The van der Waals surface area contributed by atoms with Crippen LogP contribution < -0.4 is 16.9 Å². The number of hydrogen-bond acceptors (Lipinski definition) is 4. The van der Waals surface area contributed by atoms with Crippen LogP contribution in [0.5, 0.6) is 0 Å². The van der Waals surface area contributed by atoms with Gasteiger partial charge in [-0.05, 0) is 30.2 Å². The van der Waals surface area contributed by atoms with E-state index in [9.17, 15) is 9.59 Å². The number of nitrogens with one attached hydrogen (secondary N) is 1. The van der Waals surface area contributed by atoms with E-state index in [1.165, 1.54) is 0 Å². The van der Waals surface area contributed by atoms with E-state index >= 15 is 0 Å². The van der Waals surface area contributed by atoms with Crippen LogP contribution in [0.2, 0.25) is 0 Å². The fraction of sp³-hybridized carbons (Fsp3) is 0.273. The van der Waals surface area contributed by atoms with Crippen LogP contribution >= 0.6 is 0 Å². The first kappa shape index (κ1) is 13.1. The topological polar surface area (TPSA) is 107 Å². The van der Waals surface area contributed by atoms with Crippen LogP contribution in [-0.4, -0.2) is 18.4 Å². The summed E-state index contributed by atoms with van der Waals surface area (Å²) in [5, 5.41) is 0. The Labute approximate surface area is 98.9 Å². The summed E-state index contributed by atoms with van der Waals surface area (Å²) in [7, 11) is 0. The van der Waals surface area contributed by atoms with Gasteiger partial charge in [0.25, 0.3) is 0 Å². The number of carbonyl (C=O) groups excluding carboxylic acids is 2. The summed E-state index contributed by atoms with van der Waals surface area (Å²) in [6.07, 6.45) is 0. The maximum atomic E-state index is 10.9. The minimum atomic E-state index is -0.543. The maximum absolute atomic E-state index is 10.9. The molecule has 17 heavy (non-hydrogen) atoms. The van der Waals surface area contributed by atoms with Crippen molar-refractivity contribution in [1.29, 1.82) is 0 Å². The molecule has 0 spiro atoms. The second kappa shape index (κ2) is 5.97. The Bertz CT molecular complexity index is 432. The minimum absolute atomic E-state index is 0.182. The number of carbonyl (C=O) groups is 2. The molecule has 1 rings (SSSR count). The van der Waals surface area contributed by atoms with E-state index in [4.69, 9.17) is 16.3 Å². The van der Waals surface area contributed by atoms with Gasteiger partial charge in [0.2, 0.25) is 11.8 Å². The van der Waals surface area contributed by atoms with Crippen molar-refractivity contribution in [3.8, 4) is 0 Å². The molecule has 92 valence electrons. The van der Waals surface area contributed by atoms with E-state index in [-0.39, 0.29) is 6.61 Å². The van der Waals surface area contributed by atoms with E-state index in [1.807, 2.05) is 6.92 Å². The molecule has 0 saturated carbocycles. The molecule has 0 aliphatic heterocycles. The first-order valence-corrected chi connectivity index (χ1v) is 5.03. The van der Waals surface area contributed by atoms with Gasteiger partial charge in [-0.25, -0.2) is 0 Å². The van der Waals surface area contributed by atoms with Gasteiger partial charge in [-0.15, -0.1) is 0 Å².